The van der Waals surface area contributed by atoms with Crippen LogP contribution in [0.2, 0.25) is 5.02 Å². The van der Waals surface area contributed by atoms with Crippen molar-refractivity contribution in [2.75, 3.05) is 0 Å². The number of hydrogen-bond acceptors (Lipinski definition) is 2. The van der Waals surface area contributed by atoms with Crippen molar-refractivity contribution in [1.29, 1.82) is 0 Å². The minimum absolute atomic E-state index is 0.124. The average molecular weight is 337 g/mol. The predicted octanol–water partition coefficient (Wildman–Crippen LogP) is 4.47. The first-order valence-corrected chi connectivity index (χ1v) is 8.07. The molecule has 0 saturated heterocycles. The van der Waals surface area contributed by atoms with Crippen molar-refractivity contribution in [3.05, 3.63) is 40.9 Å². The highest BCUT2D eigenvalue weighted by Crippen LogP contribution is 2.37. The number of carbonyl (C=O) groups is 1. The molecule has 1 heterocycles. The molecule has 1 saturated carbocycles. The van der Waals surface area contributed by atoms with Gasteiger partial charge in [-0.1, -0.05) is 17.7 Å². The first-order chi connectivity index (χ1) is 11.0. The lowest BCUT2D eigenvalue weighted by molar-refractivity contribution is -0.143. The third-order valence-electron chi connectivity index (χ3n) is 4.62. The van der Waals surface area contributed by atoms with Crippen LogP contribution < -0.4 is 0 Å². The summed E-state index contributed by atoms with van der Waals surface area (Å²) in [6.07, 6.45) is 6.19. The van der Waals surface area contributed by atoms with E-state index in [4.69, 9.17) is 16.7 Å². The number of hydrogen-bond donors (Lipinski definition) is 1. The molecule has 0 radical (unpaired) electrons. The van der Waals surface area contributed by atoms with Gasteiger partial charge < -0.3 is 9.67 Å². The molecule has 1 aromatic heterocycles. The smallest absolute Gasteiger partial charge is 0.306 e. The first kappa shape index (κ1) is 16.0. The fourth-order valence-electron chi connectivity index (χ4n) is 3.26. The molecule has 4 nitrogen and oxygen atoms in total. The Kier molecular flexibility index (Phi) is 4.39. The average Bonchev–Trinajstić information content (AvgIpc) is 3.01. The summed E-state index contributed by atoms with van der Waals surface area (Å²) in [5.74, 6) is -0.862. The van der Waals surface area contributed by atoms with Crippen LogP contribution in [0.5, 0.6) is 0 Å². The Hall–Kier alpha value is -1.88. The Labute approximate surface area is 138 Å². The van der Waals surface area contributed by atoms with Gasteiger partial charge in [0.25, 0.3) is 0 Å². The summed E-state index contributed by atoms with van der Waals surface area (Å²) in [5, 5.41) is 9.44. The van der Waals surface area contributed by atoms with Crippen LogP contribution in [-0.4, -0.2) is 20.6 Å². The zero-order chi connectivity index (χ0) is 16.6. The predicted molar refractivity (Wildman–Crippen MR) is 86.0 cm³/mol. The number of carboxylic acids is 1. The van der Waals surface area contributed by atoms with E-state index in [2.05, 4.69) is 4.98 Å². The highest BCUT2D eigenvalue weighted by molar-refractivity contribution is 6.33. The van der Waals surface area contributed by atoms with E-state index in [1.54, 1.807) is 25.3 Å². The molecule has 0 aliphatic heterocycles. The topological polar surface area (TPSA) is 55.1 Å². The normalized spacial score (nSPS) is 21.3. The molecule has 2 aromatic rings. The number of aryl methyl sites for hydroxylation is 1. The van der Waals surface area contributed by atoms with Crippen molar-refractivity contribution in [3.8, 4) is 11.4 Å². The highest BCUT2D eigenvalue weighted by atomic mass is 35.5. The van der Waals surface area contributed by atoms with Crippen LogP contribution in [-0.2, 0) is 4.79 Å². The molecule has 0 unspecified atom stereocenters. The molecular formula is C17H18ClFN2O2. The van der Waals surface area contributed by atoms with Gasteiger partial charge in [0.05, 0.1) is 16.5 Å². The lowest BCUT2D eigenvalue weighted by Gasteiger charge is -2.28. The monoisotopic (exact) mass is 336 g/mol. The van der Waals surface area contributed by atoms with Crippen molar-refractivity contribution < 1.29 is 14.3 Å². The SMILES string of the molecule is Cc1ccc(Cl)c(-c2nccn2C2CCC(C(=O)O)CC2)c1F. The minimum Gasteiger partial charge on any atom is -0.481 e. The molecule has 3 rings (SSSR count). The summed E-state index contributed by atoms with van der Waals surface area (Å²) >= 11 is 6.20. The fourth-order valence-corrected chi connectivity index (χ4v) is 3.49. The van der Waals surface area contributed by atoms with Crippen molar-refractivity contribution in [3.63, 3.8) is 0 Å². The molecule has 1 aliphatic rings. The third-order valence-corrected chi connectivity index (χ3v) is 4.93. The van der Waals surface area contributed by atoms with Crippen molar-refractivity contribution in [2.24, 2.45) is 5.92 Å². The molecule has 1 fully saturated rings. The molecule has 122 valence electrons. The first-order valence-electron chi connectivity index (χ1n) is 7.69. The third kappa shape index (κ3) is 2.98. The van der Waals surface area contributed by atoms with E-state index in [-0.39, 0.29) is 17.8 Å². The second-order valence-electron chi connectivity index (χ2n) is 6.06. The molecule has 0 spiro atoms. The lowest BCUT2D eigenvalue weighted by Crippen LogP contribution is -2.23. The van der Waals surface area contributed by atoms with Crippen LogP contribution >= 0.6 is 11.6 Å². The quantitative estimate of drug-likeness (QED) is 0.899. The summed E-state index contributed by atoms with van der Waals surface area (Å²) in [4.78, 5) is 15.4. The fraction of sp³-hybridized carbons (Fsp3) is 0.412. The molecular weight excluding hydrogens is 319 g/mol. The van der Waals surface area contributed by atoms with Gasteiger partial charge in [0.15, 0.2) is 0 Å². The summed E-state index contributed by atoms with van der Waals surface area (Å²) in [6.45, 7) is 1.69. The zero-order valence-corrected chi connectivity index (χ0v) is 13.6. The van der Waals surface area contributed by atoms with Crippen LogP contribution in [0.3, 0.4) is 0 Å². The van der Waals surface area contributed by atoms with Crippen LogP contribution in [0.15, 0.2) is 24.5 Å². The second-order valence-corrected chi connectivity index (χ2v) is 6.46. The molecule has 6 heteroatoms. The number of carboxylic acid groups (broad SMARTS) is 1. The maximum absolute atomic E-state index is 14.5. The van der Waals surface area contributed by atoms with Gasteiger partial charge in [-0.3, -0.25) is 4.79 Å². The van der Waals surface area contributed by atoms with Crippen LogP contribution in [0.4, 0.5) is 4.39 Å². The standard InChI is InChI=1S/C17H18ClFN2O2/c1-10-2-7-13(18)14(15(10)19)16-20-8-9-21(16)12-5-3-11(4-6-12)17(22)23/h2,7-9,11-12H,3-6H2,1H3,(H,22,23). The van der Waals surface area contributed by atoms with Gasteiger partial charge in [-0.15, -0.1) is 0 Å². The second kappa shape index (κ2) is 6.32. The minimum atomic E-state index is -0.734. The number of imidazole rings is 1. The molecule has 1 aromatic carbocycles. The molecule has 0 atom stereocenters. The van der Waals surface area contributed by atoms with Crippen molar-refractivity contribution >= 4 is 17.6 Å². The van der Waals surface area contributed by atoms with Gasteiger partial charge in [0.1, 0.15) is 11.6 Å². The number of rotatable bonds is 3. The van der Waals surface area contributed by atoms with Gasteiger partial charge in [-0.05, 0) is 44.2 Å². The van der Waals surface area contributed by atoms with Gasteiger partial charge in [-0.25, -0.2) is 9.37 Å². The molecule has 1 N–H and O–H groups in total. The molecule has 0 amide bonds. The van der Waals surface area contributed by atoms with Crippen molar-refractivity contribution in [1.82, 2.24) is 9.55 Å². The van der Waals surface area contributed by atoms with Crippen LogP contribution in [0.25, 0.3) is 11.4 Å². The summed E-state index contributed by atoms with van der Waals surface area (Å²) in [6, 6.07) is 3.45. The van der Waals surface area contributed by atoms with Gasteiger partial charge >= 0.3 is 5.97 Å². The Morgan fingerprint density at radius 1 is 1.35 bits per heavy atom. The number of halogens is 2. The van der Waals surface area contributed by atoms with Crippen molar-refractivity contribution in [2.45, 2.75) is 38.6 Å². The number of nitrogens with zero attached hydrogens (tertiary/aromatic N) is 2. The van der Waals surface area contributed by atoms with E-state index in [9.17, 15) is 9.18 Å². The van der Waals surface area contributed by atoms with Crippen LogP contribution in [0.1, 0.15) is 37.3 Å². The molecule has 0 bridgehead atoms. The number of benzene rings is 1. The maximum Gasteiger partial charge on any atom is 0.306 e. The van der Waals surface area contributed by atoms with E-state index in [1.807, 2.05) is 10.8 Å². The number of aromatic nitrogens is 2. The lowest BCUT2D eigenvalue weighted by atomic mass is 9.86. The van der Waals surface area contributed by atoms with E-state index >= 15 is 0 Å². The van der Waals surface area contributed by atoms with E-state index in [0.717, 1.165) is 12.8 Å². The summed E-state index contributed by atoms with van der Waals surface area (Å²) in [7, 11) is 0. The largest absolute Gasteiger partial charge is 0.481 e. The Morgan fingerprint density at radius 2 is 2.04 bits per heavy atom. The molecule has 23 heavy (non-hydrogen) atoms. The van der Waals surface area contributed by atoms with E-state index in [1.165, 1.54) is 0 Å². The van der Waals surface area contributed by atoms with Crippen LogP contribution in [0, 0.1) is 18.7 Å². The number of aliphatic carboxylic acids is 1. The Bertz CT molecular complexity index is 736. The Balaban J connectivity index is 1.93. The maximum atomic E-state index is 14.5. The highest BCUT2D eigenvalue weighted by Gasteiger charge is 2.28. The summed E-state index contributed by atoms with van der Waals surface area (Å²) < 4.78 is 16.5. The zero-order valence-electron chi connectivity index (χ0n) is 12.8. The van der Waals surface area contributed by atoms with E-state index < -0.39 is 5.97 Å². The van der Waals surface area contributed by atoms with E-state index in [0.29, 0.717) is 34.8 Å². The van der Waals surface area contributed by atoms with Gasteiger partial charge in [0, 0.05) is 18.4 Å². The van der Waals surface area contributed by atoms with Gasteiger partial charge in [-0.2, -0.15) is 0 Å². The summed E-state index contributed by atoms with van der Waals surface area (Å²) in [5.41, 5.74) is 0.838. The van der Waals surface area contributed by atoms with Gasteiger partial charge in [0.2, 0.25) is 0 Å². The molecule has 1 aliphatic carbocycles. The Morgan fingerprint density at radius 3 is 2.70 bits per heavy atom.